The van der Waals surface area contributed by atoms with Crippen LogP contribution in [0.25, 0.3) is 0 Å². The molecule has 1 aromatic heterocycles. The Balaban J connectivity index is 1.49. The van der Waals surface area contributed by atoms with Crippen molar-refractivity contribution in [1.29, 1.82) is 0 Å². The number of hydrogen-bond acceptors (Lipinski definition) is 6. The fourth-order valence-electron chi connectivity index (χ4n) is 2.57. The van der Waals surface area contributed by atoms with E-state index in [-0.39, 0.29) is 5.91 Å². The summed E-state index contributed by atoms with van der Waals surface area (Å²) in [5.74, 6) is 2.04. The minimum absolute atomic E-state index is 0.235. The van der Waals surface area contributed by atoms with E-state index in [4.69, 9.17) is 14.2 Å². The van der Waals surface area contributed by atoms with Gasteiger partial charge in [0.1, 0.15) is 23.9 Å². The van der Waals surface area contributed by atoms with Gasteiger partial charge in [0, 0.05) is 24.6 Å². The van der Waals surface area contributed by atoms with Gasteiger partial charge in [0.15, 0.2) is 0 Å². The zero-order valence-electron chi connectivity index (χ0n) is 16.3. The first kappa shape index (κ1) is 20.0. The van der Waals surface area contributed by atoms with Crippen LogP contribution in [0.2, 0.25) is 0 Å². The van der Waals surface area contributed by atoms with Crippen LogP contribution in [0, 0.1) is 0 Å². The van der Waals surface area contributed by atoms with Crippen LogP contribution in [0.5, 0.6) is 17.2 Å². The number of nitrogens with one attached hydrogen (secondary N) is 2. The molecule has 7 nitrogen and oxygen atoms in total. The highest BCUT2D eigenvalue weighted by molar-refractivity contribution is 6.04. The topological polar surface area (TPSA) is 81.7 Å². The van der Waals surface area contributed by atoms with Crippen molar-refractivity contribution < 1.29 is 19.0 Å². The van der Waals surface area contributed by atoms with Crippen LogP contribution in [-0.4, -0.2) is 38.3 Å². The summed E-state index contributed by atoms with van der Waals surface area (Å²) in [6, 6.07) is 16.3. The van der Waals surface area contributed by atoms with Crippen molar-refractivity contribution in [2.45, 2.75) is 0 Å². The van der Waals surface area contributed by atoms with Crippen molar-refractivity contribution in [3.05, 3.63) is 72.6 Å². The van der Waals surface area contributed by atoms with Gasteiger partial charge in [-0.3, -0.25) is 9.78 Å². The number of carbonyl (C=O) groups excluding carboxylic acids is 1. The number of pyridine rings is 1. The summed E-state index contributed by atoms with van der Waals surface area (Å²) in [5.41, 5.74) is 1.88. The summed E-state index contributed by atoms with van der Waals surface area (Å²) in [6.07, 6.45) is 3.19. The Kier molecular flexibility index (Phi) is 6.89. The van der Waals surface area contributed by atoms with Crippen molar-refractivity contribution in [3.63, 3.8) is 0 Å². The molecular formula is C22H23N3O4. The summed E-state index contributed by atoms with van der Waals surface area (Å²) in [6.45, 7) is 1.03. The van der Waals surface area contributed by atoms with Gasteiger partial charge in [-0.15, -0.1) is 0 Å². The molecule has 3 aromatic rings. The molecule has 2 aromatic carbocycles. The Morgan fingerprint density at radius 1 is 0.862 bits per heavy atom. The maximum Gasteiger partial charge on any atom is 0.257 e. The third kappa shape index (κ3) is 5.87. The minimum Gasteiger partial charge on any atom is -0.497 e. The molecule has 0 aliphatic rings. The summed E-state index contributed by atoms with van der Waals surface area (Å²) < 4.78 is 15.9. The van der Waals surface area contributed by atoms with Crippen LogP contribution >= 0.6 is 0 Å². The summed E-state index contributed by atoms with van der Waals surface area (Å²) in [7, 11) is 3.22. The lowest BCUT2D eigenvalue weighted by atomic mass is 10.2. The lowest BCUT2D eigenvalue weighted by molar-refractivity contribution is 0.102. The number of amides is 1. The molecule has 0 aliphatic carbocycles. The molecule has 2 N–H and O–H groups in total. The average molecular weight is 393 g/mol. The minimum atomic E-state index is -0.235. The number of benzene rings is 2. The number of ether oxygens (including phenoxy) is 3. The van der Waals surface area contributed by atoms with Gasteiger partial charge in [-0.2, -0.15) is 0 Å². The van der Waals surface area contributed by atoms with Crippen LogP contribution in [-0.2, 0) is 0 Å². The quantitative estimate of drug-likeness (QED) is 0.538. The predicted molar refractivity (Wildman–Crippen MR) is 112 cm³/mol. The van der Waals surface area contributed by atoms with E-state index >= 15 is 0 Å². The third-order valence-corrected chi connectivity index (χ3v) is 4.11. The normalized spacial score (nSPS) is 10.1. The molecule has 0 spiro atoms. The molecule has 1 heterocycles. The van der Waals surface area contributed by atoms with E-state index in [2.05, 4.69) is 15.6 Å². The SMILES string of the molecule is COc1ccc(NC(=O)c2cncc(NCCOc3ccc(OC)cc3)c2)cc1. The summed E-state index contributed by atoms with van der Waals surface area (Å²) in [4.78, 5) is 16.6. The lowest BCUT2D eigenvalue weighted by Crippen LogP contribution is -2.14. The Morgan fingerprint density at radius 2 is 1.48 bits per heavy atom. The van der Waals surface area contributed by atoms with Crippen molar-refractivity contribution in [2.24, 2.45) is 0 Å². The number of rotatable bonds is 9. The third-order valence-electron chi connectivity index (χ3n) is 4.11. The molecule has 3 rings (SSSR count). The van der Waals surface area contributed by atoms with Gasteiger partial charge in [-0.05, 0) is 54.6 Å². The molecule has 0 saturated heterocycles. The standard InChI is InChI=1S/C22H23N3O4/c1-27-19-5-3-17(4-6-19)25-22(26)16-13-18(15-23-14-16)24-11-12-29-21-9-7-20(28-2)8-10-21/h3-10,13-15,24H,11-12H2,1-2H3,(H,25,26). The second kappa shape index (κ2) is 9.98. The van der Waals surface area contributed by atoms with E-state index in [1.54, 1.807) is 50.7 Å². The van der Waals surface area contributed by atoms with E-state index in [1.807, 2.05) is 24.3 Å². The smallest absolute Gasteiger partial charge is 0.257 e. The highest BCUT2D eigenvalue weighted by Crippen LogP contribution is 2.18. The molecule has 0 aliphatic heterocycles. The molecule has 7 heteroatoms. The van der Waals surface area contributed by atoms with E-state index < -0.39 is 0 Å². The van der Waals surface area contributed by atoms with Crippen LogP contribution < -0.4 is 24.8 Å². The molecule has 0 fully saturated rings. The molecule has 1 amide bonds. The van der Waals surface area contributed by atoms with Gasteiger partial charge in [-0.1, -0.05) is 0 Å². The Bertz CT molecular complexity index is 928. The van der Waals surface area contributed by atoms with E-state index in [9.17, 15) is 4.79 Å². The average Bonchev–Trinajstić information content (AvgIpc) is 2.78. The maximum absolute atomic E-state index is 12.4. The molecule has 0 bridgehead atoms. The highest BCUT2D eigenvalue weighted by atomic mass is 16.5. The maximum atomic E-state index is 12.4. The Hall–Kier alpha value is -3.74. The number of methoxy groups -OCH3 is 2. The number of aromatic nitrogens is 1. The van der Waals surface area contributed by atoms with Crippen LogP contribution in [0.15, 0.2) is 67.0 Å². The molecule has 0 unspecified atom stereocenters. The number of anilines is 2. The van der Waals surface area contributed by atoms with Gasteiger partial charge in [0.25, 0.3) is 5.91 Å². The number of nitrogens with zero attached hydrogens (tertiary/aromatic N) is 1. The van der Waals surface area contributed by atoms with Gasteiger partial charge in [0.05, 0.1) is 25.5 Å². The first-order chi connectivity index (χ1) is 14.2. The van der Waals surface area contributed by atoms with Gasteiger partial charge in [-0.25, -0.2) is 0 Å². The van der Waals surface area contributed by atoms with Crippen molar-refractivity contribution >= 4 is 17.3 Å². The zero-order chi connectivity index (χ0) is 20.5. The van der Waals surface area contributed by atoms with Crippen LogP contribution in [0.1, 0.15) is 10.4 Å². The number of carbonyl (C=O) groups is 1. The molecule has 0 saturated carbocycles. The van der Waals surface area contributed by atoms with Crippen molar-refractivity contribution in [2.75, 3.05) is 38.0 Å². The summed E-state index contributed by atoms with van der Waals surface area (Å²) >= 11 is 0. The Morgan fingerprint density at radius 3 is 2.14 bits per heavy atom. The Labute approximate surface area is 169 Å². The van der Waals surface area contributed by atoms with Gasteiger partial charge < -0.3 is 24.8 Å². The van der Waals surface area contributed by atoms with E-state index in [0.717, 1.165) is 22.9 Å². The van der Waals surface area contributed by atoms with E-state index in [1.165, 1.54) is 6.20 Å². The highest BCUT2D eigenvalue weighted by Gasteiger charge is 2.08. The largest absolute Gasteiger partial charge is 0.497 e. The number of hydrogen-bond donors (Lipinski definition) is 2. The fourth-order valence-corrected chi connectivity index (χ4v) is 2.57. The molecule has 150 valence electrons. The second-order valence-corrected chi connectivity index (χ2v) is 6.10. The molecule has 29 heavy (non-hydrogen) atoms. The molecule has 0 atom stereocenters. The fraction of sp³-hybridized carbons (Fsp3) is 0.182. The van der Waals surface area contributed by atoms with Gasteiger partial charge >= 0.3 is 0 Å². The molecular weight excluding hydrogens is 370 g/mol. The first-order valence-electron chi connectivity index (χ1n) is 9.09. The predicted octanol–water partition coefficient (Wildman–Crippen LogP) is 3.84. The van der Waals surface area contributed by atoms with Gasteiger partial charge in [0.2, 0.25) is 0 Å². The van der Waals surface area contributed by atoms with E-state index in [0.29, 0.717) is 24.4 Å². The van der Waals surface area contributed by atoms with Crippen LogP contribution in [0.3, 0.4) is 0 Å². The van der Waals surface area contributed by atoms with Crippen molar-refractivity contribution in [1.82, 2.24) is 4.98 Å². The summed E-state index contributed by atoms with van der Waals surface area (Å²) in [5, 5.41) is 6.04. The second-order valence-electron chi connectivity index (χ2n) is 6.10. The van der Waals surface area contributed by atoms with Crippen LogP contribution in [0.4, 0.5) is 11.4 Å². The lowest BCUT2D eigenvalue weighted by Gasteiger charge is -2.10. The zero-order valence-corrected chi connectivity index (χ0v) is 16.3. The monoisotopic (exact) mass is 393 g/mol. The molecule has 0 radical (unpaired) electrons. The van der Waals surface area contributed by atoms with Crippen molar-refractivity contribution in [3.8, 4) is 17.2 Å². The first-order valence-corrected chi connectivity index (χ1v) is 9.09.